The standard InChI is InChI=1S/C15H31NO/c1-13(2)9-11-17-12-10-16-15-8-6-4-5-7-14(15)3/h13-16H,4-12H2,1-3H3. The van der Waals surface area contributed by atoms with E-state index in [9.17, 15) is 0 Å². The van der Waals surface area contributed by atoms with Gasteiger partial charge in [0, 0.05) is 19.2 Å². The van der Waals surface area contributed by atoms with Crippen LogP contribution in [0.4, 0.5) is 0 Å². The summed E-state index contributed by atoms with van der Waals surface area (Å²) in [6.45, 7) is 9.69. The first kappa shape index (κ1) is 15.0. The first-order valence-electron chi connectivity index (χ1n) is 7.51. The summed E-state index contributed by atoms with van der Waals surface area (Å²) in [5, 5.41) is 3.67. The lowest BCUT2D eigenvalue weighted by atomic mass is 9.97. The Bertz CT molecular complexity index is 182. The molecule has 1 rings (SSSR count). The molecule has 0 aromatic heterocycles. The lowest BCUT2D eigenvalue weighted by Gasteiger charge is -2.22. The molecule has 0 spiro atoms. The van der Waals surface area contributed by atoms with Crippen molar-refractivity contribution < 1.29 is 4.74 Å². The molecule has 0 saturated heterocycles. The number of ether oxygens (including phenoxy) is 1. The molecule has 2 unspecified atom stereocenters. The summed E-state index contributed by atoms with van der Waals surface area (Å²) in [4.78, 5) is 0. The first-order chi connectivity index (χ1) is 8.20. The zero-order valence-corrected chi connectivity index (χ0v) is 12.0. The van der Waals surface area contributed by atoms with Crippen LogP contribution in [0.5, 0.6) is 0 Å². The van der Waals surface area contributed by atoms with Crippen LogP contribution in [-0.4, -0.2) is 25.8 Å². The lowest BCUT2D eigenvalue weighted by Crippen LogP contribution is -2.36. The SMILES string of the molecule is CC(C)CCOCCNC1CCCCCC1C. The molecule has 0 bridgehead atoms. The van der Waals surface area contributed by atoms with Crippen LogP contribution in [0.1, 0.15) is 59.3 Å². The van der Waals surface area contributed by atoms with Crippen molar-refractivity contribution in [2.24, 2.45) is 11.8 Å². The van der Waals surface area contributed by atoms with E-state index in [2.05, 4.69) is 26.1 Å². The minimum Gasteiger partial charge on any atom is -0.380 e. The van der Waals surface area contributed by atoms with Gasteiger partial charge in [-0.1, -0.05) is 40.0 Å². The van der Waals surface area contributed by atoms with Crippen molar-refractivity contribution in [3.8, 4) is 0 Å². The van der Waals surface area contributed by atoms with Crippen LogP contribution in [0, 0.1) is 11.8 Å². The molecule has 2 nitrogen and oxygen atoms in total. The number of nitrogens with one attached hydrogen (secondary N) is 1. The fraction of sp³-hybridized carbons (Fsp3) is 1.00. The Kier molecular flexibility index (Phi) is 7.87. The second kappa shape index (κ2) is 8.93. The molecule has 2 atom stereocenters. The highest BCUT2D eigenvalue weighted by atomic mass is 16.5. The van der Waals surface area contributed by atoms with Gasteiger partial charge in [0.05, 0.1) is 6.61 Å². The summed E-state index contributed by atoms with van der Waals surface area (Å²) in [6, 6.07) is 0.728. The summed E-state index contributed by atoms with van der Waals surface area (Å²) < 4.78 is 5.64. The van der Waals surface area contributed by atoms with Gasteiger partial charge in [-0.15, -0.1) is 0 Å². The van der Waals surface area contributed by atoms with E-state index in [4.69, 9.17) is 4.74 Å². The fourth-order valence-electron chi connectivity index (χ4n) is 2.53. The van der Waals surface area contributed by atoms with Crippen LogP contribution < -0.4 is 5.32 Å². The van der Waals surface area contributed by atoms with Gasteiger partial charge in [-0.3, -0.25) is 0 Å². The van der Waals surface area contributed by atoms with Crippen LogP contribution in [-0.2, 0) is 4.74 Å². The lowest BCUT2D eigenvalue weighted by molar-refractivity contribution is 0.121. The predicted octanol–water partition coefficient (Wildman–Crippen LogP) is 3.61. The minimum absolute atomic E-state index is 0.728. The van der Waals surface area contributed by atoms with E-state index in [0.717, 1.165) is 37.6 Å². The fourth-order valence-corrected chi connectivity index (χ4v) is 2.53. The number of rotatable bonds is 7. The molecule has 0 heterocycles. The van der Waals surface area contributed by atoms with Crippen LogP contribution in [0.3, 0.4) is 0 Å². The van der Waals surface area contributed by atoms with Crippen molar-refractivity contribution in [3.05, 3.63) is 0 Å². The number of hydrogen-bond donors (Lipinski definition) is 1. The predicted molar refractivity (Wildman–Crippen MR) is 74.3 cm³/mol. The first-order valence-corrected chi connectivity index (χ1v) is 7.51. The Hall–Kier alpha value is -0.0800. The van der Waals surface area contributed by atoms with E-state index in [1.165, 1.54) is 38.5 Å². The molecule has 0 aromatic rings. The minimum atomic E-state index is 0.728. The number of hydrogen-bond acceptors (Lipinski definition) is 2. The monoisotopic (exact) mass is 241 g/mol. The molecule has 1 saturated carbocycles. The molecule has 0 amide bonds. The van der Waals surface area contributed by atoms with Gasteiger partial charge >= 0.3 is 0 Å². The zero-order chi connectivity index (χ0) is 12.5. The van der Waals surface area contributed by atoms with E-state index in [-0.39, 0.29) is 0 Å². The highest BCUT2D eigenvalue weighted by molar-refractivity contribution is 4.76. The molecule has 1 aliphatic carbocycles. The Morgan fingerprint density at radius 3 is 2.65 bits per heavy atom. The van der Waals surface area contributed by atoms with Crippen LogP contribution >= 0.6 is 0 Å². The van der Waals surface area contributed by atoms with E-state index >= 15 is 0 Å². The van der Waals surface area contributed by atoms with Gasteiger partial charge in [-0.05, 0) is 31.1 Å². The average molecular weight is 241 g/mol. The van der Waals surface area contributed by atoms with Gasteiger partial charge in [-0.2, -0.15) is 0 Å². The molecule has 2 heteroatoms. The second-order valence-electron chi connectivity index (χ2n) is 5.97. The summed E-state index contributed by atoms with van der Waals surface area (Å²) in [6.07, 6.45) is 8.17. The second-order valence-corrected chi connectivity index (χ2v) is 5.97. The third-order valence-electron chi connectivity index (χ3n) is 3.85. The van der Waals surface area contributed by atoms with E-state index in [1.807, 2.05) is 0 Å². The van der Waals surface area contributed by atoms with Crippen LogP contribution in [0.15, 0.2) is 0 Å². The summed E-state index contributed by atoms with van der Waals surface area (Å²) in [7, 11) is 0. The van der Waals surface area contributed by atoms with Crippen molar-refractivity contribution >= 4 is 0 Å². The molecular formula is C15H31NO. The van der Waals surface area contributed by atoms with Crippen molar-refractivity contribution in [1.82, 2.24) is 5.32 Å². The Morgan fingerprint density at radius 2 is 1.88 bits per heavy atom. The molecular weight excluding hydrogens is 210 g/mol. The van der Waals surface area contributed by atoms with Gasteiger partial charge in [-0.25, -0.2) is 0 Å². The zero-order valence-electron chi connectivity index (χ0n) is 12.0. The normalized spacial score (nSPS) is 26.1. The maximum absolute atomic E-state index is 5.64. The van der Waals surface area contributed by atoms with Crippen molar-refractivity contribution in [2.45, 2.75) is 65.3 Å². The van der Waals surface area contributed by atoms with Crippen molar-refractivity contribution in [2.75, 3.05) is 19.8 Å². The Balaban J connectivity index is 2.00. The largest absolute Gasteiger partial charge is 0.380 e. The third kappa shape index (κ3) is 7.05. The molecule has 17 heavy (non-hydrogen) atoms. The third-order valence-corrected chi connectivity index (χ3v) is 3.85. The molecule has 1 fully saturated rings. The molecule has 1 N–H and O–H groups in total. The van der Waals surface area contributed by atoms with Gasteiger partial charge in [0.2, 0.25) is 0 Å². The summed E-state index contributed by atoms with van der Waals surface area (Å²) in [5.74, 6) is 1.60. The topological polar surface area (TPSA) is 21.3 Å². The quantitative estimate of drug-likeness (QED) is 0.543. The van der Waals surface area contributed by atoms with Gasteiger partial charge in [0.25, 0.3) is 0 Å². The van der Waals surface area contributed by atoms with Crippen molar-refractivity contribution in [1.29, 1.82) is 0 Å². The highest BCUT2D eigenvalue weighted by Crippen LogP contribution is 2.22. The molecule has 0 aromatic carbocycles. The van der Waals surface area contributed by atoms with E-state index in [0.29, 0.717) is 0 Å². The molecule has 102 valence electrons. The molecule has 0 radical (unpaired) electrons. The Labute approximate surface area is 108 Å². The van der Waals surface area contributed by atoms with Gasteiger partial charge < -0.3 is 10.1 Å². The molecule has 1 aliphatic rings. The van der Waals surface area contributed by atoms with Gasteiger partial charge in [0.1, 0.15) is 0 Å². The smallest absolute Gasteiger partial charge is 0.0591 e. The Morgan fingerprint density at radius 1 is 1.12 bits per heavy atom. The average Bonchev–Trinajstić information content (AvgIpc) is 2.48. The summed E-state index contributed by atoms with van der Waals surface area (Å²) >= 11 is 0. The maximum atomic E-state index is 5.64. The highest BCUT2D eigenvalue weighted by Gasteiger charge is 2.18. The van der Waals surface area contributed by atoms with Crippen LogP contribution in [0.2, 0.25) is 0 Å². The maximum Gasteiger partial charge on any atom is 0.0591 e. The van der Waals surface area contributed by atoms with E-state index in [1.54, 1.807) is 0 Å². The van der Waals surface area contributed by atoms with Crippen LogP contribution in [0.25, 0.3) is 0 Å². The van der Waals surface area contributed by atoms with Crippen molar-refractivity contribution in [3.63, 3.8) is 0 Å². The van der Waals surface area contributed by atoms with E-state index < -0.39 is 0 Å². The molecule has 0 aliphatic heterocycles. The summed E-state index contributed by atoms with van der Waals surface area (Å²) in [5.41, 5.74) is 0. The van der Waals surface area contributed by atoms with Gasteiger partial charge in [0.15, 0.2) is 0 Å².